The Morgan fingerprint density at radius 1 is 1.57 bits per heavy atom. The van der Waals surface area contributed by atoms with Crippen molar-refractivity contribution >= 4 is 10.2 Å². The van der Waals surface area contributed by atoms with Gasteiger partial charge in [0.25, 0.3) is 10.2 Å². The molecule has 2 N–H and O–H groups in total. The van der Waals surface area contributed by atoms with E-state index in [9.17, 15) is 8.42 Å². The van der Waals surface area contributed by atoms with E-state index < -0.39 is 10.2 Å². The Morgan fingerprint density at radius 2 is 2.14 bits per heavy atom. The molecule has 0 saturated heterocycles. The summed E-state index contributed by atoms with van der Waals surface area (Å²) in [6, 6.07) is 0.108. The summed E-state index contributed by atoms with van der Waals surface area (Å²) in [6.07, 6.45) is 1.39. The lowest BCUT2D eigenvalue weighted by atomic mass is 10.5. The molecule has 0 aliphatic heterocycles. The summed E-state index contributed by atoms with van der Waals surface area (Å²) >= 11 is 0. The first-order valence-electron chi connectivity index (χ1n) is 4.82. The van der Waals surface area contributed by atoms with Gasteiger partial charge in [-0.25, -0.2) is 0 Å². The first-order valence-corrected chi connectivity index (χ1v) is 6.26. The number of aliphatic hydroxyl groups is 1. The van der Waals surface area contributed by atoms with Gasteiger partial charge in [-0.3, -0.25) is 0 Å². The van der Waals surface area contributed by atoms with Crippen molar-refractivity contribution in [3.63, 3.8) is 0 Å². The Labute approximate surface area is 85.3 Å². The highest BCUT2D eigenvalue weighted by Crippen LogP contribution is 2.29. The van der Waals surface area contributed by atoms with Gasteiger partial charge in [0.15, 0.2) is 0 Å². The molecule has 1 aliphatic rings. The van der Waals surface area contributed by atoms with Gasteiger partial charge in [-0.1, -0.05) is 6.92 Å². The molecule has 2 unspecified atom stereocenters. The predicted octanol–water partition coefficient (Wildman–Crippen LogP) is -0.457. The predicted molar refractivity (Wildman–Crippen MR) is 54.0 cm³/mol. The van der Waals surface area contributed by atoms with Crippen molar-refractivity contribution in [2.24, 2.45) is 5.92 Å². The first kappa shape index (κ1) is 11.9. The summed E-state index contributed by atoms with van der Waals surface area (Å²) in [5.41, 5.74) is 0. The summed E-state index contributed by atoms with van der Waals surface area (Å²) in [4.78, 5) is 0. The van der Waals surface area contributed by atoms with Gasteiger partial charge >= 0.3 is 0 Å². The van der Waals surface area contributed by atoms with Gasteiger partial charge in [-0.2, -0.15) is 17.4 Å². The molecular weight excluding hydrogens is 204 g/mol. The molecule has 0 spiro atoms. The lowest BCUT2D eigenvalue weighted by Crippen LogP contribution is -2.40. The van der Waals surface area contributed by atoms with Crippen molar-refractivity contribution in [3.05, 3.63) is 0 Å². The molecule has 2 atom stereocenters. The van der Waals surface area contributed by atoms with Crippen molar-refractivity contribution in [1.82, 2.24) is 9.03 Å². The molecule has 14 heavy (non-hydrogen) atoms. The standard InChI is InChI=1S/C8H18N2O3S/c1-7-6-8(7)9-14(12,13)10(2)4-3-5-11/h7-9,11H,3-6H2,1-2H3. The summed E-state index contributed by atoms with van der Waals surface area (Å²) in [7, 11) is -1.81. The number of hydrogen-bond donors (Lipinski definition) is 2. The molecule has 5 nitrogen and oxygen atoms in total. The van der Waals surface area contributed by atoms with Gasteiger partial charge < -0.3 is 5.11 Å². The van der Waals surface area contributed by atoms with Crippen LogP contribution >= 0.6 is 0 Å². The molecule has 6 heteroatoms. The van der Waals surface area contributed by atoms with Crippen molar-refractivity contribution in [2.45, 2.75) is 25.8 Å². The van der Waals surface area contributed by atoms with E-state index in [0.717, 1.165) is 6.42 Å². The lowest BCUT2D eigenvalue weighted by molar-refractivity contribution is 0.275. The van der Waals surface area contributed by atoms with E-state index in [-0.39, 0.29) is 12.6 Å². The summed E-state index contributed by atoms with van der Waals surface area (Å²) in [6.45, 7) is 2.38. The van der Waals surface area contributed by atoms with Crippen LogP contribution in [0.15, 0.2) is 0 Å². The Morgan fingerprint density at radius 3 is 2.57 bits per heavy atom. The molecule has 0 heterocycles. The number of nitrogens with zero attached hydrogens (tertiary/aromatic N) is 1. The van der Waals surface area contributed by atoms with E-state index in [2.05, 4.69) is 4.72 Å². The van der Waals surface area contributed by atoms with Crippen LogP contribution in [0.4, 0.5) is 0 Å². The Kier molecular flexibility index (Phi) is 3.88. The summed E-state index contributed by atoms with van der Waals surface area (Å²) in [5, 5.41) is 8.58. The van der Waals surface area contributed by atoms with Gasteiger partial charge in [0.1, 0.15) is 0 Å². The number of nitrogens with one attached hydrogen (secondary N) is 1. The van der Waals surface area contributed by atoms with Gasteiger partial charge in [0.05, 0.1) is 0 Å². The Bertz CT molecular complexity index is 278. The molecule has 0 aromatic rings. The molecule has 1 saturated carbocycles. The lowest BCUT2D eigenvalue weighted by Gasteiger charge is -2.16. The molecule has 0 aromatic heterocycles. The molecule has 1 rings (SSSR count). The zero-order chi connectivity index (χ0) is 10.8. The molecule has 0 amide bonds. The molecule has 84 valence electrons. The van der Waals surface area contributed by atoms with E-state index in [1.165, 1.54) is 11.4 Å². The van der Waals surface area contributed by atoms with E-state index in [1.54, 1.807) is 0 Å². The van der Waals surface area contributed by atoms with Crippen LogP contribution in [0, 0.1) is 5.92 Å². The van der Waals surface area contributed by atoms with Gasteiger partial charge in [-0.05, 0) is 18.8 Å². The Balaban J connectivity index is 2.39. The van der Waals surface area contributed by atoms with E-state index in [1.807, 2.05) is 6.92 Å². The van der Waals surface area contributed by atoms with Crippen LogP contribution in [0.25, 0.3) is 0 Å². The van der Waals surface area contributed by atoms with Crippen molar-refractivity contribution in [2.75, 3.05) is 20.2 Å². The van der Waals surface area contributed by atoms with Gasteiger partial charge in [0, 0.05) is 26.2 Å². The second-order valence-corrected chi connectivity index (χ2v) is 5.65. The minimum Gasteiger partial charge on any atom is -0.396 e. The average molecular weight is 222 g/mol. The monoisotopic (exact) mass is 222 g/mol. The maximum Gasteiger partial charge on any atom is 0.279 e. The fraction of sp³-hybridized carbons (Fsp3) is 1.00. The van der Waals surface area contributed by atoms with Crippen LogP contribution in [0.5, 0.6) is 0 Å². The third-order valence-corrected chi connectivity index (χ3v) is 4.06. The van der Waals surface area contributed by atoms with Crippen LogP contribution in [-0.4, -0.2) is 44.1 Å². The van der Waals surface area contributed by atoms with Crippen molar-refractivity contribution in [1.29, 1.82) is 0 Å². The summed E-state index contributed by atoms with van der Waals surface area (Å²) in [5.74, 6) is 0.455. The summed E-state index contributed by atoms with van der Waals surface area (Å²) < 4.78 is 27.0. The molecule has 0 bridgehead atoms. The fourth-order valence-electron chi connectivity index (χ4n) is 1.18. The second kappa shape index (κ2) is 4.57. The van der Waals surface area contributed by atoms with Crippen molar-refractivity contribution < 1.29 is 13.5 Å². The minimum absolute atomic E-state index is 0.0136. The number of hydrogen-bond acceptors (Lipinski definition) is 3. The molecule has 1 aliphatic carbocycles. The van der Waals surface area contributed by atoms with Crippen molar-refractivity contribution in [3.8, 4) is 0 Å². The molecule has 1 fully saturated rings. The van der Waals surface area contributed by atoms with Crippen LogP contribution < -0.4 is 4.72 Å². The average Bonchev–Trinajstić information content (AvgIpc) is 2.76. The second-order valence-electron chi connectivity index (χ2n) is 3.84. The minimum atomic E-state index is -3.33. The third kappa shape index (κ3) is 3.20. The van der Waals surface area contributed by atoms with E-state index >= 15 is 0 Å². The van der Waals surface area contributed by atoms with Crippen LogP contribution in [0.2, 0.25) is 0 Å². The highest BCUT2D eigenvalue weighted by Gasteiger charge is 2.36. The normalized spacial score (nSPS) is 26.9. The van der Waals surface area contributed by atoms with Gasteiger partial charge in [-0.15, -0.1) is 0 Å². The van der Waals surface area contributed by atoms with Gasteiger partial charge in [0.2, 0.25) is 0 Å². The molecule has 0 aromatic carbocycles. The maximum absolute atomic E-state index is 11.6. The third-order valence-electron chi connectivity index (χ3n) is 2.45. The SMILES string of the molecule is CC1CC1NS(=O)(=O)N(C)CCCO. The van der Waals surface area contributed by atoms with Crippen LogP contribution in [0.3, 0.4) is 0 Å². The first-order chi connectivity index (χ1) is 6.47. The van der Waals surface area contributed by atoms with E-state index in [0.29, 0.717) is 18.9 Å². The quantitative estimate of drug-likeness (QED) is 0.639. The maximum atomic E-state index is 11.6. The highest BCUT2D eigenvalue weighted by atomic mass is 32.2. The zero-order valence-electron chi connectivity index (χ0n) is 8.60. The molecular formula is C8H18N2O3S. The van der Waals surface area contributed by atoms with E-state index in [4.69, 9.17) is 5.11 Å². The number of aliphatic hydroxyl groups excluding tert-OH is 1. The zero-order valence-corrected chi connectivity index (χ0v) is 9.42. The molecule has 0 radical (unpaired) electrons. The van der Waals surface area contributed by atoms with Crippen LogP contribution in [-0.2, 0) is 10.2 Å². The largest absolute Gasteiger partial charge is 0.396 e. The Hall–Kier alpha value is -0.170. The highest BCUT2D eigenvalue weighted by molar-refractivity contribution is 7.87. The smallest absolute Gasteiger partial charge is 0.279 e. The van der Waals surface area contributed by atoms with Crippen LogP contribution in [0.1, 0.15) is 19.8 Å². The topological polar surface area (TPSA) is 69.6 Å². The number of rotatable bonds is 6. The fourth-order valence-corrected chi connectivity index (χ4v) is 2.44.